The zero-order valence-corrected chi connectivity index (χ0v) is 8.98. The van der Waals surface area contributed by atoms with Crippen molar-refractivity contribution in [2.75, 3.05) is 0 Å². The molecule has 0 unspecified atom stereocenters. The minimum absolute atomic E-state index is 0.131. The average molecular weight is 278 g/mol. The molecular weight excluding hydrogens is 271 g/mol. The van der Waals surface area contributed by atoms with Crippen LogP contribution in [0.4, 0.5) is 0 Å². The fraction of sp³-hybridized carbons (Fsp3) is 0.125. The summed E-state index contributed by atoms with van der Waals surface area (Å²) in [4.78, 5) is 11.7. The van der Waals surface area contributed by atoms with Crippen LogP contribution in [0.15, 0.2) is 29.2 Å². The predicted molar refractivity (Wildman–Crippen MR) is 55.7 cm³/mol. The largest absolute Gasteiger partial charge is 0.287 e. The molecule has 58 valence electrons. The van der Waals surface area contributed by atoms with E-state index >= 15 is 0 Å². The van der Waals surface area contributed by atoms with Crippen LogP contribution in [0.25, 0.3) is 0 Å². The Morgan fingerprint density at radius 3 is 2.36 bits per heavy atom. The standard InChI is InChI=1S/C8H7IOS/c1-6(10)11-8-4-2-7(9)3-5-8/h2-5H,1H3. The first-order chi connectivity index (χ1) is 5.18. The molecule has 0 saturated heterocycles. The molecule has 0 bridgehead atoms. The van der Waals surface area contributed by atoms with E-state index in [9.17, 15) is 4.79 Å². The second kappa shape index (κ2) is 4.11. The fourth-order valence-electron chi connectivity index (χ4n) is 0.669. The average Bonchev–Trinajstić information content (AvgIpc) is 1.93. The number of halogens is 1. The van der Waals surface area contributed by atoms with Crippen molar-refractivity contribution in [1.29, 1.82) is 0 Å². The molecule has 0 radical (unpaired) electrons. The van der Waals surface area contributed by atoms with Gasteiger partial charge in [-0.05, 0) is 46.9 Å². The summed E-state index contributed by atoms with van der Waals surface area (Å²) < 4.78 is 1.19. The molecule has 0 atom stereocenters. The molecule has 0 aromatic heterocycles. The highest BCUT2D eigenvalue weighted by atomic mass is 127. The van der Waals surface area contributed by atoms with E-state index in [1.54, 1.807) is 6.92 Å². The Hall–Kier alpha value is -0.0300. The van der Waals surface area contributed by atoms with Crippen molar-refractivity contribution in [3.05, 3.63) is 27.8 Å². The molecule has 1 nitrogen and oxygen atoms in total. The third-order valence-electron chi connectivity index (χ3n) is 1.08. The summed E-state index contributed by atoms with van der Waals surface area (Å²) >= 11 is 3.50. The van der Waals surface area contributed by atoms with Gasteiger partial charge in [0.1, 0.15) is 0 Å². The zero-order chi connectivity index (χ0) is 8.27. The Morgan fingerprint density at radius 1 is 1.36 bits per heavy atom. The summed E-state index contributed by atoms with van der Waals surface area (Å²) in [6.07, 6.45) is 0. The van der Waals surface area contributed by atoms with Gasteiger partial charge >= 0.3 is 0 Å². The summed E-state index contributed by atoms with van der Waals surface area (Å²) in [6, 6.07) is 7.89. The topological polar surface area (TPSA) is 17.1 Å². The van der Waals surface area contributed by atoms with Gasteiger partial charge in [0.2, 0.25) is 0 Å². The van der Waals surface area contributed by atoms with E-state index in [1.807, 2.05) is 24.3 Å². The van der Waals surface area contributed by atoms with Crippen molar-refractivity contribution in [3.63, 3.8) is 0 Å². The molecule has 11 heavy (non-hydrogen) atoms. The number of thioether (sulfide) groups is 1. The third kappa shape index (κ3) is 3.25. The van der Waals surface area contributed by atoms with E-state index in [4.69, 9.17) is 0 Å². The molecule has 1 rings (SSSR count). The van der Waals surface area contributed by atoms with Crippen LogP contribution in [0.1, 0.15) is 6.92 Å². The minimum atomic E-state index is 0.131. The van der Waals surface area contributed by atoms with Crippen molar-refractivity contribution in [2.24, 2.45) is 0 Å². The van der Waals surface area contributed by atoms with Gasteiger partial charge in [0.25, 0.3) is 0 Å². The molecule has 0 fully saturated rings. The van der Waals surface area contributed by atoms with Gasteiger partial charge in [0, 0.05) is 15.4 Å². The first-order valence-electron chi connectivity index (χ1n) is 3.12. The first-order valence-corrected chi connectivity index (χ1v) is 5.02. The lowest BCUT2D eigenvalue weighted by Crippen LogP contribution is -1.80. The summed E-state index contributed by atoms with van der Waals surface area (Å²) in [5, 5.41) is 0.131. The van der Waals surface area contributed by atoms with Gasteiger partial charge in [-0.25, -0.2) is 0 Å². The lowest BCUT2D eigenvalue weighted by Gasteiger charge is -1.95. The van der Waals surface area contributed by atoms with Gasteiger partial charge in [-0.1, -0.05) is 11.8 Å². The smallest absolute Gasteiger partial charge is 0.190 e. The maximum absolute atomic E-state index is 10.7. The number of carbonyl (C=O) groups is 1. The van der Waals surface area contributed by atoms with Crippen LogP contribution >= 0.6 is 34.4 Å². The van der Waals surface area contributed by atoms with E-state index in [1.165, 1.54) is 15.3 Å². The number of hydrogen-bond donors (Lipinski definition) is 0. The lowest BCUT2D eigenvalue weighted by atomic mass is 10.4. The van der Waals surface area contributed by atoms with Gasteiger partial charge in [0.15, 0.2) is 5.12 Å². The Labute approximate surface area is 83.7 Å². The quantitative estimate of drug-likeness (QED) is 0.580. The van der Waals surface area contributed by atoms with Crippen LogP contribution in [0.2, 0.25) is 0 Å². The maximum Gasteiger partial charge on any atom is 0.190 e. The van der Waals surface area contributed by atoms with Crippen molar-refractivity contribution in [3.8, 4) is 0 Å². The van der Waals surface area contributed by atoms with Crippen LogP contribution in [0, 0.1) is 3.57 Å². The van der Waals surface area contributed by atoms with E-state index in [2.05, 4.69) is 22.6 Å². The molecule has 1 aromatic carbocycles. The molecule has 0 N–H and O–H groups in total. The van der Waals surface area contributed by atoms with E-state index in [0.717, 1.165) is 4.90 Å². The molecule has 0 aliphatic heterocycles. The van der Waals surface area contributed by atoms with Crippen molar-refractivity contribution >= 4 is 39.5 Å². The van der Waals surface area contributed by atoms with Crippen LogP contribution in [0.5, 0.6) is 0 Å². The van der Waals surface area contributed by atoms with Gasteiger partial charge in [-0.15, -0.1) is 0 Å². The van der Waals surface area contributed by atoms with E-state index < -0.39 is 0 Å². The number of carbonyl (C=O) groups excluding carboxylic acids is 1. The molecule has 0 saturated carbocycles. The first kappa shape index (κ1) is 9.06. The molecule has 0 heterocycles. The highest BCUT2D eigenvalue weighted by Crippen LogP contribution is 2.19. The molecule has 3 heteroatoms. The van der Waals surface area contributed by atoms with E-state index in [0.29, 0.717) is 0 Å². The predicted octanol–water partition coefficient (Wildman–Crippen LogP) is 2.93. The second-order valence-electron chi connectivity index (χ2n) is 2.05. The maximum atomic E-state index is 10.7. The molecule has 0 amide bonds. The number of hydrogen-bond acceptors (Lipinski definition) is 2. The third-order valence-corrected chi connectivity index (χ3v) is 2.59. The monoisotopic (exact) mass is 278 g/mol. The summed E-state index contributed by atoms with van der Waals surface area (Å²) in [7, 11) is 0. The van der Waals surface area contributed by atoms with Crippen LogP contribution in [-0.4, -0.2) is 5.12 Å². The number of rotatable bonds is 1. The minimum Gasteiger partial charge on any atom is -0.287 e. The SMILES string of the molecule is CC(=O)Sc1ccc(I)cc1. The molecule has 0 aliphatic carbocycles. The van der Waals surface area contributed by atoms with Crippen LogP contribution in [0.3, 0.4) is 0 Å². The van der Waals surface area contributed by atoms with Crippen molar-refractivity contribution in [1.82, 2.24) is 0 Å². The van der Waals surface area contributed by atoms with Gasteiger partial charge in [-0.2, -0.15) is 0 Å². The van der Waals surface area contributed by atoms with Crippen LogP contribution < -0.4 is 0 Å². The summed E-state index contributed by atoms with van der Waals surface area (Å²) in [5.41, 5.74) is 0. The number of benzene rings is 1. The molecule has 0 aliphatic rings. The molecule has 1 aromatic rings. The van der Waals surface area contributed by atoms with Crippen molar-refractivity contribution in [2.45, 2.75) is 11.8 Å². The normalized spacial score (nSPS) is 9.64. The summed E-state index contributed by atoms with van der Waals surface area (Å²) in [5.74, 6) is 0. The van der Waals surface area contributed by atoms with E-state index in [-0.39, 0.29) is 5.12 Å². The molecule has 0 spiro atoms. The van der Waals surface area contributed by atoms with Gasteiger partial charge in [0.05, 0.1) is 0 Å². The Morgan fingerprint density at radius 2 is 1.91 bits per heavy atom. The lowest BCUT2D eigenvalue weighted by molar-refractivity contribution is -0.109. The highest BCUT2D eigenvalue weighted by molar-refractivity contribution is 14.1. The van der Waals surface area contributed by atoms with Crippen LogP contribution in [-0.2, 0) is 4.79 Å². The Balaban J connectivity index is 2.74. The van der Waals surface area contributed by atoms with Gasteiger partial charge in [-0.3, -0.25) is 4.79 Å². The molecular formula is C8H7IOS. The Kier molecular flexibility index (Phi) is 3.39. The second-order valence-corrected chi connectivity index (χ2v) is 4.54. The summed E-state index contributed by atoms with van der Waals surface area (Å²) in [6.45, 7) is 1.57. The van der Waals surface area contributed by atoms with Gasteiger partial charge < -0.3 is 0 Å². The fourth-order valence-corrected chi connectivity index (χ4v) is 1.63. The Bertz CT molecular complexity index is 255. The van der Waals surface area contributed by atoms with Crippen molar-refractivity contribution < 1.29 is 4.79 Å². The highest BCUT2D eigenvalue weighted by Gasteiger charge is 1.96. The zero-order valence-electron chi connectivity index (χ0n) is 6.00.